The van der Waals surface area contributed by atoms with E-state index in [2.05, 4.69) is 11.6 Å². The van der Waals surface area contributed by atoms with E-state index in [9.17, 15) is 19.2 Å². The molecule has 0 radical (unpaired) electrons. The maximum absolute atomic E-state index is 12.5. The van der Waals surface area contributed by atoms with Crippen LogP contribution in [-0.2, 0) is 16.1 Å². The second kappa shape index (κ2) is 9.17. The van der Waals surface area contributed by atoms with Gasteiger partial charge in [-0.1, -0.05) is 24.3 Å². The lowest BCUT2D eigenvalue weighted by Crippen LogP contribution is -2.29. The van der Waals surface area contributed by atoms with Crippen molar-refractivity contribution in [3.8, 4) is 0 Å². The predicted octanol–water partition coefficient (Wildman–Crippen LogP) is 3.97. The first-order valence-corrected chi connectivity index (χ1v) is 10.9. The zero-order valence-electron chi connectivity index (χ0n) is 17.7. The van der Waals surface area contributed by atoms with Gasteiger partial charge in [0.15, 0.2) is 5.13 Å². The van der Waals surface area contributed by atoms with Crippen LogP contribution in [0.3, 0.4) is 0 Å². The Morgan fingerprint density at radius 2 is 1.85 bits per heavy atom. The summed E-state index contributed by atoms with van der Waals surface area (Å²) in [5.74, 6) is -1.74. The number of aromatic nitrogens is 1. The molecule has 9 heteroatoms. The predicted molar refractivity (Wildman–Crippen MR) is 123 cm³/mol. The van der Waals surface area contributed by atoms with Gasteiger partial charge >= 0.3 is 5.97 Å². The number of imide groups is 1. The monoisotopic (exact) mass is 461 g/mol. The number of hydrogen-bond donors (Lipinski definition) is 0. The van der Waals surface area contributed by atoms with Gasteiger partial charge in [-0.3, -0.25) is 24.2 Å². The number of anilines is 2. The fourth-order valence-corrected chi connectivity index (χ4v) is 4.28. The van der Waals surface area contributed by atoms with Gasteiger partial charge in [-0.05, 0) is 30.3 Å². The molecule has 166 valence electrons. The number of ether oxygens (including phenoxy) is 1. The maximum Gasteiger partial charge on any atom is 0.338 e. The first-order valence-electron chi connectivity index (χ1n) is 9.99. The van der Waals surface area contributed by atoms with Crippen molar-refractivity contribution in [3.63, 3.8) is 0 Å². The first kappa shape index (κ1) is 22.1. The van der Waals surface area contributed by atoms with Crippen LogP contribution in [0.1, 0.15) is 43.7 Å². The van der Waals surface area contributed by atoms with Gasteiger partial charge in [0.1, 0.15) is 6.61 Å². The number of carbonyl (C=O) groups excluding carboxylic acids is 4. The van der Waals surface area contributed by atoms with Crippen LogP contribution in [0.25, 0.3) is 0 Å². The Labute approximate surface area is 193 Å². The maximum atomic E-state index is 12.5. The summed E-state index contributed by atoms with van der Waals surface area (Å²) in [4.78, 5) is 56.4. The van der Waals surface area contributed by atoms with E-state index in [-0.39, 0.29) is 35.7 Å². The second-order valence-corrected chi connectivity index (χ2v) is 7.99. The van der Waals surface area contributed by atoms with E-state index in [1.54, 1.807) is 17.5 Å². The van der Waals surface area contributed by atoms with Crippen molar-refractivity contribution in [2.45, 2.75) is 13.5 Å². The molecule has 4 rings (SSSR count). The Morgan fingerprint density at radius 1 is 1.12 bits per heavy atom. The summed E-state index contributed by atoms with van der Waals surface area (Å²) in [6.45, 7) is 4.98. The quantitative estimate of drug-likeness (QED) is 0.300. The number of nitrogens with zero attached hydrogens (tertiary/aromatic N) is 3. The van der Waals surface area contributed by atoms with Gasteiger partial charge < -0.3 is 4.74 Å². The minimum absolute atomic E-state index is 0.0958. The Hall–Kier alpha value is -4.11. The third kappa shape index (κ3) is 4.31. The number of amides is 3. The van der Waals surface area contributed by atoms with E-state index in [1.807, 2.05) is 18.2 Å². The van der Waals surface area contributed by atoms with Gasteiger partial charge in [0.25, 0.3) is 11.8 Å². The Balaban J connectivity index is 1.46. The summed E-state index contributed by atoms with van der Waals surface area (Å²) in [5, 5.41) is 2.17. The molecule has 1 aliphatic heterocycles. The molecule has 0 saturated heterocycles. The highest BCUT2D eigenvalue weighted by Gasteiger charge is 2.35. The molecule has 0 saturated carbocycles. The average molecular weight is 461 g/mol. The second-order valence-electron chi connectivity index (χ2n) is 7.16. The van der Waals surface area contributed by atoms with Crippen molar-refractivity contribution >= 4 is 45.8 Å². The number of fused-ring (bicyclic) bond motifs is 1. The van der Waals surface area contributed by atoms with Crippen LogP contribution >= 0.6 is 11.3 Å². The van der Waals surface area contributed by atoms with E-state index in [0.29, 0.717) is 16.5 Å². The zero-order chi connectivity index (χ0) is 23.5. The zero-order valence-corrected chi connectivity index (χ0v) is 18.5. The summed E-state index contributed by atoms with van der Waals surface area (Å²) >= 11 is 1.26. The average Bonchev–Trinajstić information content (AvgIpc) is 3.37. The molecule has 1 aromatic heterocycles. The highest BCUT2D eigenvalue weighted by atomic mass is 32.1. The topological polar surface area (TPSA) is 96.9 Å². The molecule has 1 aliphatic rings. The Morgan fingerprint density at radius 3 is 2.55 bits per heavy atom. The highest BCUT2D eigenvalue weighted by molar-refractivity contribution is 7.14. The van der Waals surface area contributed by atoms with E-state index < -0.39 is 17.8 Å². The summed E-state index contributed by atoms with van der Waals surface area (Å²) in [6, 6.07) is 13.4. The molecule has 0 aliphatic carbocycles. The van der Waals surface area contributed by atoms with Crippen molar-refractivity contribution in [3.05, 3.63) is 89.0 Å². The summed E-state index contributed by atoms with van der Waals surface area (Å²) in [5.41, 5.74) is 1.72. The third-order valence-electron chi connectivity index (χ3n) is 4.93. The van der Waals surface area contributed by atoms with Crippen LogP contribution in [0.4, 0.5) is 10.8 Å². The molecular formula is C24H19N3O5S. The molecule has 3 aromatic rings. The first-order chi connectivity index (χ1) is 15.9. The van der Waals surface area contributed by atoms with Crippen LogP contribution in [0, 0.1) is 0 Å². The smallest absolute Gasteiger partial charge is 0.338 e. The molecule has 2 heterocycles. The van der Waals surface area contributed by atoms with Crippen LogP contribution in [0.15, 0.2) is 66.6 Å². The SMILES string of the molecule is C=CCN1C(=O)c2ccc(C(=O)OCc3csc(N(C(C)=O)c4ccccc4)n3)cc2C1=O. The summed E-state index contributed by atoms with van der Waals surface area (Å²) in [7, 11) is 0. The lowest BCUT2D eigenvalue weighted by molar-refractivity contribution is -0.115. The summed E-state index contributed by atoms with van der Waals surface area (Å²) < 4.78 is 5.35. The van der Waals surface area contributed by atoms with Gasteiger partial charge in [0.2, 0.25) is 5.91 Å². The fourth-order valence-electron chi connectivity index (χ4n) is 3.40. The van der Waals surface area contributed by atoms with Crippen LogP contribution < -0.4 is 4.90 Å². The molecule has 2 aromatic carbocycles. The highest BCUT2D eigenvalue weighted by Crippen LogP contribution is 2.29. The van der Waals surface area contributed by atoms with Crippen LogP contribution in [-0.4, -0.2) is 40.1 Å². The Kier molecular flexibility index (Phi) is 6.14. The fraction of sp³-hybridized carbons (Fsp3) is 0.125. The normalized spacial score (nSPS) is 12.5. The molecule has 0 spiro atoms. The van der Waals surface area contributed by atoms with Gasteiger partial charge in [-0.2, -0.15) is 0 Å². The van der Waals surface area contributed by atoms with Crippen molar-refractivity contribution in [1.29, 1.82) is 0 Å². The van der Waals surface area contributed by atoms with Crippen LogP contribution in [0.2, 0.25) is 0 Å². The van der Waals surface area contributed by atoms with E-state index in [1.165, 1.54) is 47.4 Å². The van der Waals surface area contributed by atoms with Crippen molar-refractivity contribution in [2.24, 2.45) is 0 Å². The van der Waals surface area contributed by atoms with Gasteiger partial charge in [-0.15, -0.1) is 17.9 Å². The number of rotatable bonds is 7. The Bertz CT molecular complexity index is 1270. The molecule has 0 fully saturated rings. The van der Waals surface area contributed by atoms with E-state index in [4.69, 9.17) is 4.74 Å². The van der Waals surface area contributed by atoms with Crippen LogP contribution in [0.5, 0.6) is 0 Å². The molecule has 3 amide bonds. The molecule has 0 N–H and O–H groups in total. The minimum atomic E-state index is -0.652. The number of thiazole rings is 1. The lowest BCUT2D eigenvalue weighted by Gasteiger charge is -2.17. The van der Waals surface area contributed by atoms with Crippen molar-refractivity contribution < 1.29 is 23.9 Å². The van der Waals surface area contributed by atoms with Crippen molar-refractivity contribution in [2.75, 3.05) is 11.4 Å². The molecule has 8 nitrogen and oxygen atoms in total. The molecular weight excluding hydrogens is 442 g/mol. The summed E-state index contributed by atoms with van der Waals surface area (Å²) in [6.07, 6.45) is 1.46. The van der Waals surface area contributed by atoms with E-state index in [0.717, 1.165) is 4.90 Å². The number of benzene rings is 2. The molecule has 33 heavy (non-hydrogen) atoms. The van der Waals surface area contributed by atoms with Gasteiger partial charge in [0, 0.05) is 18.8 Å². The van der Waals surface area contributed by atoms with Gasteiger partial charge in [0.05, 0.1) is 28.1 Å². The molecule has 0 unspecified atom stereocenters. The number of esters is 1. The third-order valence-corrected chi connectivity index (χ3v) is 5.80. The number of carbonyl (C=O) groups is 4. The largest absolute Gasteiger partial charge is 0.456 e. The number of hydrogen-bond acceptors (Lipinski definition) is 7. The standard InChI is InChI=1S/C24H19N3O5S/c1-3-11-26-21(29)19-10-9-16(12-20(19)22(26)30)23(31)32-13-17-14-33-24(25-17)27(15(2)28)18-7-5-4-6-8-18/h3-10,12,14H,1,11,13H2,2H3. The molecule has 0 bridgehead atoms. The lowest BCUT2D eigenvalue weighted by atomic mass is 10.1. The van der Waals surface area contributed by atoms with Crippen molar-refractivity contribution in [1.82, 2.24) is 9.88 Å². The van der Waals surface area contributed by atoms with E-state index >= 15 is 0 Å². The number of para-hydroxylation sites is 1. The molecule has 0 atom stereocenters. The minimum Gasteiger partial charge on any atom is -0.456 e. The van der Waals surface area contributed by atoms with Gasteiger partial charge in [-0.25, -0.2) is 9.78 Å².